The van der Waals surface area contributed by atoms with Gasteiger partial charge in [-0.3, -0.25) is 0 Å². The van der Waals surface area contributed by atoms with Crippen molar-refractivity contribution in [2.75, 3.05) is 0 Å². The van der Waals surface area contributed by atoms with Crippen LogP contribution < -0.4 is 10.6 Å². The van der Waals surface area contributed by atoms with E-state index in [0.717, 1.165) is 0 Å². The minimum Gasteiger partial charge on any atom is -0.307 e. The van der Waals surface area contributed by atoms with Gasteiger partial charge in [0.25, 0.3) is 0 Å². The zero-order valence-electron chi connectivity index (χ0n) is 14.5. The molecule has 1 aliphatic heterocycles. The molecule has 19 heavy (non-hydrogen) atoms. The van der Waals surface area contributed by atoms with Crippen molar-refractivity contribution < 1.29 is 0 Å². The van der Waals surface area contributed by atoms with Gasteiger partial charge in [0.15, 0.2) is 0 Å². The number of rotatable bonds is 4. The van der Waals surface area contributed by atoms with E-state index in [0.29, 0.717) is 11.1 Å². The summed E-state index contributed by atoms with van der Waals surface area (Å²) in [5.74, 6) is 0. The first kappa shape index (κ1) is 17.0. The lowest BCUT2D eigenvalue weighted by Gasteiger charge is -2.46. The predicted molar refractivity (Wildman–Crippen MR) is 85.7 cm³/mol. The quantitative estimate of drug-likeness (QED) is 0.796. The average molecular weight is 268 g/mol. The maximum Gasteiger partial charge on any atom is 0.0159 e. The maximum absolute atomic E-state index is 3.88. The summed E-state index contributed by atoms with van der Waals surface area (Å²) in [5, 5.41) is 7.62. The van der Waals surface area contributed by atoms with Crippen molar-refractivity contribution >= 4 is 0 Å². The van der Waals surface area contributed by atoms with Crippen molar-refractivity contribution in [2.45, 2.75) is 110 Å². The van der Waals surface area contributed by atoms with Crippen LogP contribution in [0.15, 0.2) is 0 Å². The molecular weight excluding hydrogens is 232 g/mol. The van der Waals surface area contributed by atoms with Gasteiger partial charge in [0, 0.05) is 22.2 Å². The molecule has 0 bridgehead atoms. The van der Waals surface area contributed by atoms with Crippen LogP contribution in [-0.2, 0) is 0 Å². The van der Waals surface area contributed by atoms with E-state index < -0.39 is 0 Å². The second kappa shape index (κ2) is 5.37. The number of nitrogens with one attached hydrogen (secondary N) is 2. The Morgan fingerprint density at radius 1 is 1.00 bits per heavy atom. The topological polar surface area (TPSA) is 24.1 Å². The Morgan fingerprint density at radius 3 is 2.05 bits per heavy atom. The van der Waals surface area contributed by atoms with Crippen molar-refractivity contribution in [2.24, 2.45) is 0 Å². The Hall–Kier alpha value is -0.0800. The predicted octanol–water partition coefficient (Wildman–Crippen LogP) is 4.24. The van der Waals surface area contributed by atoms with Crippen LogP contribution in [0.5, 0.6) is 0 Å². The molecule has 0 amide bonds. The van der Waals surface area contributed by atoms with Gasteiger partial charge in [0.05, 0.1) is 0 Å². The molecule has 1 rings (SSSR count). The summed E-state index contributed by atoms with van der Waals surface area (Å²) >= 11 is 0. The van der Waals surface area contributed by atoms with Gasteiger partial charge in [-0.1, -0.05) is 0 Å². The van der Waals surface area contributed by atoms with Crippen LogP contribution in [0, 0.1) is 0 Å². The Kier molecular flexibility index (Phi) is 4.79. The van der Waals surface area contributed by atoms with Gasteiger partial charge in [-0.15, -0.1) is 0 Å². The van der Waals surface area contributed by atoms with Crippen LogP contribution in [0.1, 0.15) is 87.5 Å². The standard InChI is InChI=1S/C17H36N2/c1-14(2,3)18-16(6,7)12-13-17(8)11-9-10-15(4,5)19-17/h18-19H,9-13H2,1-8H3. The summed E-state index contributed by atoms with van der Waals surface area (Å²) in [6, 6.07) is 0. The normalized spacial score (nSPS) is 28.4. The third-order valence-electron chi connectivity index (χ3n) is 4.19. The van der Waals surface area contributed by atoms with Crippen molar-refractivity contribution in [1.29, 1.82) is 0 Å². The molecular formula is C17H36N2. The molecule has 0 radical (unpaired) electrons. The van der Waals surface area contributed by atoms with E-state index in [2.05, 4.69) is 66.0 Å². The molecule has 1 aliphatic rings. The van der Waals surface area contributed by atoms with E-state index in [9.17, 15) is 0 Å². The molecule has 0 aliphatic carbocycles. The molecule has 1 fully saturated rings. The van der Waals surface area contributed by atoms with Gasteiger partial charge in [-0.25, -0.2) is 0 Å². The molecule has 0 aromatic rings. The minimum atomic E-state index is 0.184. The largest absolute Gasteiger partial charge is 0.307 e. The first-order chi connectivity index (χ1) is 8.33. The monoisotopic (exact) mass is 268 g/mol. The first-order valence-electron chi connectivity index (χ1n) is 7.91. The van der Waals surface area contributed by atoms with Crippen LogP contribution in [0.25, 0.3) is 0 Å². The van der Waals surface area contributed by atoms with Crippen LogP contribution >= 0.6 is 0 Å². The molecule has 2 nitrogen and oxygen atoms in total. The third-order valence-corrected chi connectivity index (χ3v) is 4.19. The molecule has 2 N–H and O–H groups in total. The smallest absolute Gasteiger partial charge is 0.0159 e. The Labute approximate surface area is 121 Å². The minimum absolute atomic E-state index is 0.184. The molecule has 1 unspecified atom stereocenters. The highest BCUT2D eigenvalue weighted by Crippen LogP contribution is 2.33. The van der Waals surface area contributed by atoms with Crippen molar-refractivity contribution in [3.05, 3.63) is 0 Å². The maximum atomic E-state index is 3.88. The van der Waals surface area contributed by atoms with E-state index in [4.69, 9.17) is 0 Å². The molecule has 1 atom stereocenters. The Balaban J connectivity index is 2.55. The SMILES string of the molecule is CC(C)(C)NC(C)(C)CCC1(C)CCCC(C)(C)N1. The summed E-state index contributed by atoms with van der Waals surface area (Å²) in [7, 11) is 0. The van der Waals surface area contributed by atoms with E-state index in [1.807, 2.05) is 0 Å². The van der Waals surface area contributed by atoms with Crippen LogP contribution in [0.4, 0.5) is 0 Å². The molecule has 114 valence electrons. The van der Waals surface area contributed by atoms with E-state index in [1.54, 1.807) is 0 Å². The lowest BCUT2D eigenvalue weighted by Crippen LogP contribution is -2.58. The third kappa shape index (κ3) is 6.27. The van der Waals surface area contributed by atoms with E-state index in [1.165, 1.54) is 32.1 Å². The summed E-state index contributed by atoms with van der Waals surface area (Å²) in [6.07, 6.45) is 6.41. The fourth-order valence-electron chi connectivity index (χ4n) is 3.72. The first-order valence-corrected chi connectivity index (χ1v) is 7.91. The van der Waals surface area contributed by atoms with Crippen LogP contribution in [-0.4, -0.2) is 22.2 Å². The summed E-state index contributed by atoms with van der Waals surface area (Å²) in [6.45, 7) is 18.5. The van der Waals surface area contributed by atoms with Gasteiger partial charge in [-0.05, 0) is 87.5 Å². The van der Waals surface area contributed by atoms with E-state index in [-0.39, 0.29) is 11.1 Å². The lowest BCUT2D eigenvalue weighted by molar-refractivity contribution is 0.139. The van der Waals surface area contributed by atoms with E-state index >= 15 is 0 Å². The number of piperidine rings is 1. The van der Waals surface area contributed by atoms with Crippen LogP contribution in [0.3, 0.4) is 0 Å². The van der Waals surface area contributed by atoms with Crippen molar-refractivity contribution in [3.8, 4) is 0 Å². The average Bonchev–Trinajstić information content (AvgIpc) is 2.09. The van der Waals surface area contributed by atoms with Crippen molar-refractivity contribution in [3.63, 3.8) is 0 Å². The molecule has 1 heterocycles. The Bertz CT molecular complexity index is 299. The van der Waals surface area contributed by atoms with Gasteiger partial charge in [-0.2, -0.15) is 0 Å². The molecule has 2 heteroatoms. The van der Waals surface area contributed by atoms with Gasteiger partial charge in [0.1, 0.15) is 0 Å². The fraction of sp³-hybridized carbons (Fsp3) is 1.00. The molecule has 0 saturated carbocycles. The Morgan fingerprint density at radius 2 is 1.58 bits per heavy atom. The van der Waals surface area contributed by atoms with Gasteiger partial charge >= 0.3 is 0 Å². The molecule has 0 spiro atoms. The van der Waals surface area contributed by atoms with Gasteiger partial charge in [0.2, 0.25) is 0 Å². The molecule has 0 aromatic heterocycles. The summed E-state index contributed by atoms with van der Waals surface area (Å²) < 4.78 is 0. The highest BCUT2D eigenvalue weighted by molar-refractivity contribution is 4.98. The second-order valence-electron chi connectivity index (χ2n) is 9.18. The number of hydrogen-bond donors (Lipinski definition) is 2. The van der Waals surface area contributed by atoms with Crippen LogP contribution in [0.2, 0.25) is 0 Å². The summed E-state index contributed by atoms with van der Waals surface area (Å²) in [4.78, 5) is 0. The summed E-state index contributed by atoms with van der Waals surface area (Å²) in [5.41, 5.74) is 0.987. The lowest BCUT2D eigenvalue weighted by atomic mass is 9.77. The zero-order valence-corrected chi connectivity index (χ0v) is 14.5. The second-order valence-corrected chi connectivity index (χ2v) is 9.18. The molecule has 1 saturated heterocycles. The van der Waals surface area contributed by atoms with Crippen molar-refractivity contribution in [1.82, 2.24) is 10.6 Å². The molecule has 0 aromatic carbocycles. The highest BCUT2D eigenvalue weighted by Gasteiger charge is 2.36. The van der Waals surface area contributed by atoms with Gasteiger partial charge < -0.3 is 10.6 Å². The highest BCUT2D eigenvalue weighted by atomic mass is 15.1. The fourth-order valence-corrected chi connectivity index (χ4v) is 3.72. The zero-order chi connectivity index (χ0) is 14.9. The number of hydrogen-bond acceptors (Lipinski definition) is 2.